The van der Waals surface area contributed by atoms with Crippen LogP contribution in [-0.2, 0) is 6.42 Å². The standard InChI is InChI=1S/C13H10ClN3/c14-13(10-17,6-1-7-15)8-11-2-4-12(9-16)5-3-11/h2-5H,1,6,8H2. The fraction of sp³-hybridized carbons (Fsp3) is 0.308. The molecule has 1 unspecified atom stereocenters. The van der Waals surface area contributed by atoms with Crippen molar-refractivity contribution in [3.05, 3.63) is 35.4 Å². The summed E-state index contributed by atoms with van der Waals surface area (Å²) in [5, 5.41) is 26.2. The molecule has 0 aromatic heterocycles. The zero-order valence-electron chi connectivity index (χ0n) is 9.15. The monoisotopic (exact) mass is 243 g/mol. The number of nitrogens with zero attached hydrogens (tertiary/aromatic N) is 3. The van der Waals surface area contributed by atoms with E-state index in [4.69, 9.17) is 27.4 Å². The number of benzene rings is 1. The van der Waals surface area contributed by atoms with Crippen LogP contribution in [0.3, 0.4) is 0 Å². The Morgan fingerprint density at radius 1 is 1.12 bits per heavy atom. The number of hydrogen-bond donors (Lipinski definition) is 0. The van der Waals surface area contributed by atoms with Gasteiger partial charge in [0.05, 0.1) is 23.8 Å². The van der Waals surface area contributed by atoms with Gasteiger partial charge in [0.2, 0.25) is 0 Å². The Morgan fingerprint density at radius 2 is 1.76 bits per heavy atom. The quantitative estimate of drug-likeness (QED) is 0.764. The second-order valence-electron chi connectivity index (χ2n) is 3.72. The zero-order chi connectivity index (χ0) is 12.7. The Balaban J connectivity index is 2.78. The molecule has 0 aliphatic carbocycles. The molecule has 17 heavy (non-hydrogen) atoms. The maximum absolute atomic E-state index is 9.03. The number of nitriles is 3. The third kappa shape index (κ3) is 3.80. The predicted octanol–water partition coefficient (Wildman–Crippen LogP) is 2.91. The number of halogens is 1. The van der Waals surface area contributed by atoms with Crippen LogP contribution in [-0.4, -0.2) is 4.87 Å². The van der Waals surface area contributed by atoms with Crippen molar-refractivity contribution < 1.29 is 0 Å². The van der Waals surface area contributed by atoms with Gasteiger partial charge in [-0.2, -0.15) is 15.8 Å². The van der Waals surface area contributed by atoms with Gasteiger partial charge in [-0.05, 0) is 24.1 Å². The summed E-state index contributed by atoms with van der Waals surface area (Å²) >= 11 is 6.13. The highest BCUT2D eigenvalue weighted by molar-refractivity contribution is 6.26. The van der Waals surface area contributed by atoms with Crippen molar-refractivity contribution in [1.29, 1.82) is 15.8 Å². The summed E-state index contributed by atoms with van der Waals surface area (Å²) in [6.07, 6.45) is 0.966. The summed E-state index contributed by atoms with van der Waals surface area (Å²) in [6.45, 7) is 0. The van der Waals surface area contributed by atoms with Gasteiger partial charge < -0.3 is 0 Å². The van der Waals surface area contributed by atoms with Gasteiger partial charge in [-0.25, -0.2) is 0 Å². The summed E-state index contributed by atoms with van der Waals surface area (Å²) in [4.78, 5) is -1.04. The van der Waals surface area contributed by atoms with E-state index >= 15 is 0 Å². The lowest BCUT2D eigenvalue weighted by atomic mass is 9.95. The maximum Gasteiger partial charge on any atom is 0.136 e. The molecule has 0 N–H and O–H groups in total. The largest absolute Gasteiger partial charge is 0.198 e. The van der Waals surface area contributed by atoms with Gasteiger partial charge in [0.1, 0.15) is 4.87 Å². The minimum atomic E-state index is -1.04. The molecule has 0 amide bonds. The minimum absolute atomic E-state index is 0.257. The molecule has 84 valence electrons. The highest BCUT2D eigenvalue weighted by Gasteiger charge is 2.26. The molecule has 1 rings (SSSR count). The van der Waals surface area contributed by atoms with E-state index < -0.39 is 4.87 Å². The van der Waals surface area contributed by atoms with Crippen LogP contribution in [0.1, 0.15) is 24.0 Å². The SMILES string of the molecule is N#CCCC(Cl)(C#N)Cc1ccc(C#N)cc1. The first-order valence-corrected chi connectivity index (χ1v) is 5.47. The minimum Gasteiger partial charge on any atom is -0.198 e. The third-order valence-corrected chi connectivity index (χ3v) is 2.81. The van der Waals surface area contributed by atoms with E-state index in [1.807, 2.05) is 18.2 Å². The number of hydrogen-bond acceptors (Lipinski definition) is 3. The van der Waals surface area contributed by atoms with Crippen LogP contribution < -0.4 is 0 Å². The second kappa shape index (κ2) is 5.90. The van der Waals surface area contributed by atoms with E-state index in [0.29, 0.717) is 18.4 Å². The van der Waals surface area contributed by atoms with Crippen molar-refractivity contribution in [1.82, 2.24) is 0 Å². The fourth-order valence-corrected chi connectivity index (χ4v) is 1.71. The summed E-state index contributed by atoms with van der Waals surface area (Å²) in [5.74, 6) is 0. The molecular formula is C13H10ClN3. The Bertz CT molecular complexity index is 501. The van der Waals surface area contributed by atoms with Crippen LogP contribution in [0.2, 0.25) is 0 Å². The van der Waals surface area contributed by atoms with Crippen molar-refractivity contribution in [3.63, 3.8) is 0 Å². The fourth-order valence-electron chi connectivity index (χ4n) is 1.46. The Kier molecular flexibility index (Phi) is 4.53. The first kappa shape index (κ1) is 13.0. The average molecular weight is 244 g/mol. The molecule has 0 heterocycles. The normalized spacial score (nSPS) is 12.8. The van der Waals surface area contributed by atoms with E-state index in [-0.39, 0.29) is 6.42 Å². The summed E-state index contributed by atoms with van der Waals surface area (Å²) in [6, 6.07) is 13.0. The lowest BCUT2D eigenvalue weighted by Gasteiger charge is -2.17. The lowest BCUT2D eigenvalue weighted by Crippen LogP contribution is -2.22. The maximum atomic E-state index is 9.03. The van der Waals surface area contributed by atoms with Gasteiger partial charge in [-0.3, -0.25) is 0 Å². The highest BCUT2D eigenvalue weighted by atomic mass is 35.5. The molecule has 1 aromatic carbocycles. The van der Waals surface area contributed by atoms with Crippen LogP contribution in [0.15, 0.2) is 24.3 Å². The molecule has 0 radical (unpaired) electrons. The molecule has 4 heteroatoms. The first-order valence-electron chi connectivity index (χ1n) is 5.10. The smallest absolute Gasteiger partial charge is 0.136 e. The summed E-state index contributed by atoms with van der Waals surface area (Å²) in [7, 11) is 0. The molecule has 0 fully saturated rings. The van der Waals surface area contributed by atoms with Gasteiger partial charge >= 0.3 is 0 Å². The molecule has 0 saturated heterocycles. The molecular weight excluding hydrogens is 234 g/mol. The Hall–Kier alpha value is -2.02. The first-order chi connectivity index (χ1) is 8.13. The summed E-state index contributed by atoms with van der Waals surface area (Å²) < 4.78 is 0. The van der Waals surface area contributed by atoms with Crippen molar-refractivity contribution >= 4 is 11.6 Å². The second-order valence-corrected chi connectivity index (χ2v) is 4.44. The van der Waals surface area contributed by atoms with Gasteiger partial charge in [-0.1, -0.05) is 12.1 Å². The van der Waals surface area contributed by atoms with E-state index in [2.05, 4.69) is 0 Å². The van der Waals surface area contributed by atoms with E-state index in [1.54, 1.807) is 24.3 Å². The lowest BCUT2D eigenvalue weighted by molar-refractivity contribution is 0.650. The van der Waals surface area contributed by atoms with E-state index in [1.165, 1.54) is 0 Å². The number of alkyl halides is 1. The van der Waals surface area contributed by atoms with Crippen molar-refractivity contribution in [2.45, 2.75) is 24.1 Å². The van der Waals surface area contributed by atoms with Gasteiger partial charge in [0.15, 0.2) is 0 Å². The molecule has 0 saturated carbocycles. The molecule has 0 aliphatic heterocycles. The Morgan fingerprint density at radius 3 is 2.24 bits per heavy atom. The molecule has 3 nitrogen and oxygen atoms in total. The molecule has 0 bridgehead atoms. The van der Waals surface area contributed by atoms with Crippen LogP contribution in [0.5, 0.6) is 0 Å². The zero-order valence-corrected chi connectivity index (χ0v) is 9.91. The van der Waals surface area contributed by atoms with Crippen LogP contribution in [0, 0.1) is 34.0 Å². The third-order valence-electron chi connectivity index (χ3n) is 2.40. The van der Waals surface area contributed by atoms with E-state index in [9.17, 15) is 0 Å². The van der Waals surface area contributed by atoms with Gasteiger partial charge in [0, 0.05) is 12.8 Å². The van der Waals surface area contributed by atoms with Crippen molar-refractivity contribution in [3.8, 4) is 18.2 Å². The van der Waals surface area contributed by atoms with Crippen molar-refractivity contribution in [2.75, 3.05) is 0 Å². The van der Waals surface area contributed by atoms with Gasteiger partial charge in [-0.15, -0.1) is 11.6 Å². The van der Waals surface area contributed by atoms with E-state index in [0.717, 1.165) is 5.56 Å². The van der Waals surface area contributed by atoms with Crippen LogP contribution >= 0.6 is 11.6 Å². The molecule has 0 spiro atoms. The molecule has 1 aromatic rings. The van der Waals surface area contributed by atoms with Crippen LogP contribution in [0.25, 0.3) is 0 Å². The average Bonchev–Trinajstić information content (AvgIpc) is 2.37. The highest BCUT2D eigenvalue weighted by Crippen LogP contribution is 2.26. The molecule has 1 atom stereocenters. The number of rotatable bonds is 4. The Labute approximate surface area is 105 Å². The van der Waals surface area contributed by atoms with Crippen LogP contribution in [0.4, 0.5) is 0 Å². The summed E-state index contributed by atoms with van der Waals surface area (Å²) in [5.41, 5.74) is 1.46. The predicted molar refractivity (Wildman–Crippen MR) is 63.9 cm³/mol. The topological polar surface area (TPSA) is 71.4 Å². The van der Waals surface area contributed by atoms with Crippen molar-refractivity contribution in [2.24, 2.45) is 0 Å². The van der Waals surface area contributed by atoms with Gasteiger partial charge in [0.25, 0.3) is 0 Å². The molecule has 0 aliphatic rings.